The summed E-state index contributed by atoms with van der Waals surface area (Å²) in [6, 6.07) is 11.3. The summed E-state index contributed by atoms with van der Waals surface area (Å²) in [5.41, 5.74) is 1.92. The Hall–Kier alpha value is -3.80. The third-order valence-corrected chi connectivity index (χ3v) is 5.99. The number of aryl methyl sites for hydroxylation is 4. The van der Waals surface area contributed by atoms with Crippen LogP contribution in [0, 0.1) is 27.7 Å². The number of esters is 1. The average molecular weight is 418 g/mol. The molecular weight excluding hydrogens is 396 g/mol. The maximum atomic E-state index is 13.0. The normalized spacial score (nSPS) is 14.3. The molecule has 0 aromatic heterocycles. The maximum Gasteiger partial charge on any atom is 0.340 e. The van der Waals surface area contributed by atoms with Crippen molar-refractivity contribution >= 4 is 11.9 Å². The molecule has 31 heavy (non-hydrogen) atoms. The van der Waals surface area contributed by atoms with Gasteiger partial charge in [-0.3, -0.25) is 0 Å². The Bertz CT molecular complexity index is 1210. The molecule has 0 bridgehead atoms. The van der Waals surface area contributed by atoms with E-state index in [0.29, 0.717) is 38.9 Å². The summed E-state index contributed by atoms with van der Waals surface area (Å²) < 4.78 is 6.01. The number of carbonyl (C=O) groups excluding carboxylic acids is 1. The van der Waals surface area contributed by atoms with Crippen LogP contribution in [-0.2, 0) is 10.3 Å². The number of ether oxygens (including phenoxy) is 1. The van der Waals surface area contributed by atoms with Crippen LogP contribution in [0.5, 0.6) is 11.5 Å². The van der Waals surface area contributed by atoms with Crippen LogP contribution in [0.25, 0.3) is 0 Å². The lowest BCUT2D eigenvalue weighted by molar-refractivity contribution is 0.0235. The highest BCUT2D eigenvalue weighted by Gasteiger charge is 2.53. The number of aromatic carboxylic acids is 1. The van der Waals surface area contributed by atoms with Gasteiger partial charge in [-0.25, -0.2) is 9.59 Å². The zero-order chi connectivity index (χ0) is 22.7. The highest BCUT2D eigenvalue weighted by atomic mass is 16.6. The first-order chi connectivity index (χ1) is 14.6. The van der Waals surface area contributed by atoms with Gasteiger partial charge in [0.2, 0.25) is 0 Å². The molecule has 1 aliphatic heterocycles. The second-order valence-electron chi connectivity index (χ2n) is 7.98. The fraction of sp³-hybridized carbons (Fsp3) is 0.200. The van der Waals surface area contributed by atoms with Crippen molar-refractivity contribution in [3.05, 3.63) is 92.5 Å². The van der Waals surface area contributed by atoms with Gasteiger partial charge in [-0.05, 0) is 62.1 Å². The first kappa shape index (κ1) is 20.5. The largest absolute Gasteiger partial charge is 0.507 e. The van der Waals surface area contributed by atoms with Gasteiger partial charge in [0.25, 0.3) is 0 Å². The number of phenolic OH excluding ortho intramolecular Hbond substituents is 2. The molecule has 1 aliphatic rings. The van der Waals surface area contributed by atoms with Crippen LogP contribution in [0.1, 0.15) is 59.7 Å². The SMILES string of the molecule is Cc1ccc(C)c(C2(c3c(C)ccc(C)c3O)OC(=O)c3cc(C(=O)O)ccc32)c1O. The predicted octanol–water partition coefficient (Wildman–Crippen LogP) is 4.49. The highest BCUT2D eigenvalue weighted by Crippen LogP contribution is 2.54. The van der Waals surface area contributed by atoms with E-state index in [0.717, 1.165) is 0 Å². The van der Waals surface area contributed by atoms with E-state index < -0.39 is 17.5 Å². The quantitative estimate of drug-likeness (QED) is 0.542. The van der Waals surface area contributed by atoms with Crippen molar-refractivity contribution in [2.75, 3.05) is 0 Å². The van der Waals surface area contributed by atoms with Crippen molar-refractivity contribution < 1.29 is 29.6 Å². The van der Waals surface area contributed by atoms with E-state index in [4.69, 9.17) is 4.74 Å². The summed E-state index contributed by atoms with van der Waals surface area (Å²) in [5.74, 6) is -2.00. The first-order valence-corrected chi connectivity index (χ1v) is 9.80. The van der Waals surface area contributed by atoms with Gasteiger partial charge < -0.3 is 20.1 Å². The van der Waals surface area contributed by atoms with E-state index in [1.165, 1.54) is 18.2 Å². The molecule has 3 aromatic rings. The number of aromatic hydroxyl groups is 2. The van der Waals surface area contributed by atoms with Gasteiger partial charge in [0.1, 0.15) is 11.5 Å². The third kappa shape index (κ3) is 2.79. The topological polar surface area (TPSA) is 104 Å². The average Bonchev–Trinajstić information content (AvgIpc) is 3.01. The van der Waals surface area contributed by atoms with E-state index in [9.17, 15) is 24.9 Å². The number of carboxylic acids is 1. The van der Waals surface area contributed by atoms with E-state index >= 15 is 0 Å². The lowest BCUT2D eigenvalue weighted by Crippen LogP contribution is -2.32. The Balaban J connectivity index is 2.21. The van der Waals surface area contributed by atoms with Crippen molar-refractivity contribution in [1.82, 2.24) is 0 Å². The highest BCUT2D eigenvalue weighted by molar-refractivity contribution is 6.00. The van der Waals surface area contributed by atoms with Crippen LogP contribution >= 0.6 is 0 Å². The minimum Gasteiger partial charge on any atom is -0.507 e. The third-order valence-electron chi connectivity index (χ3n) is 5.99. The fourth-order valence-corrected chi connectivity index (χ4v) is 4.38. The monoisotopic (exact) mass is 418 g/mol. The van der Waals surface area contributed by atoms with Gasteiger partial charge in [-0.2, -0.15) is 0 Å². The number of carboxylic acid groups (broad SMARTS) is 1. The zero-order valence-electron chi connectivity index (χ0n) is 17.6. The molecule has 0 amide bonds. The van der Waals surface area contributed by atoms with Crippen molar-refractivity contribution in [2.24, 2.45) is 0 Å². The van der Waals surface area contributed by atoms with E-state index in [-0.39, 0.29) is 22.6 Å². The number of cyclic esters (lactones) is 1. The summed E-state index contributed by atoms with van der Waals surface area (Å²) in [4.78, 5) is 24.5. The van der Waals surface area contributed by atoms with Crippen LogP contribution < -0.4 is 0 Å². The van der Waals surface area contributed by atoms with E-state index in [1.54, 1.807) is 39.8 Å². The minimum atomic E-state index is -1.64. The molecule has 6 nitrogen and oxygen atoms in total. The number of hydrogen-bond donors (Lipinski definition) is 3. The number of phenols is 2. The Morgan fingerprint density at radius 3 is 1.77 bits per heavy atom. The number of fused-ring (bicyclic) bond motifs is 1. The van der Waals surface area contributed by atoms with Gasteiger partial charge in [-0.15, -0.1) is 0 Å². The molecule has 158 valence electrons. The number of rotatable bonds is 3. The number of carbonyl (C=O) groups is 2. The Morgan fingerprint density at radius 1 is 0.806 bits per heavy atom. The minimum absolute atomic E-state index is 0.0525. The second kappa shape index (κ2) is 6.87. The van der Waals surface area contributed by atoms with Gasteiger partial charge in [0.05, 0.1) is 11.1 Å². The molecule has 0 aliphatic carbocycles. The van der Waals surface area contributed by atoms with Crippen LogP contribution in [0.2, 0.25) is 0 Å². The zero-order valence-corrected chi connectivity index (χ0v) is 17.6. The van der Waals surface area contributed by atoms with Crippen LogP contribution in [0.3, 0.4) is 0 Å². The van der Waals surface area contributed by atoms with Gasteiger partial charge in [-0.1, -0.05) is 30.3 Å². The summed E-state index contributed by atoms with van der Waals surface area (Å²) in [6.45, 7) is 7.05. The second-order valence-corrected chi connectivity index (χ2v) is 7.98. The van der Waals surface area contributed by atoms with Crippen LogP contribution in [0.4, 0.5) is 0 Å². The summed E-state index contributed by atoms with van der Waals surface area (Å²) in [6.07, 6.45) is 0. The van der Waals surface area contributed by atoms with Gasteiger partial charge in [0, 0.05) is 16.7 Å². The molecule has 1 heterocycles. The molecule has 0 radical (unpaired) electrons. The molecule has 3 aromatic carbocycles. The van der Waals surface area contributed by atoms with Crippen molar-refractivity contribution in [3.63, 3.8) is 0 Å². The summed E-state index contributed by atoms with van der Waals surface area (Å²) >= 11 is 0. The Labute approximate surface area is 179 Å². The summed E-state index contributed by atoms with van der Waals surface area (Å²) in [7, 11) is 0. The van der Waals surface area contributed by atoms with E-state index in [2.05, 4.69) is 0 Å². The summed E-state index contributed by atoms with van der Waals surface area (Å²) in [5, 5.41) is 31.6. The Morgan fingerprint density at radius 2 is 1.29 bits per heavy atom. The molecule has 0 saturated heterocycles. The lowest BCUT2D eigenvalue weighted by atomic mass is 9.74. The smallest absolute Gasteiger partial charge is 0.340 e. The molecule has 6 heteroatoms. The fourth-order valence-electron chi connectivity index (χ4n) is 4.38. The van der Waals surface area contributed by atoms with Gasteiger partial charge in [0.15, 0.2) is 5.60 Å². The number of benzene rings is 3. The van der Waals surface area contributed by atoms with Crippen molar-refractivity contribution in [3.8, 4) is 11.5 Å². The maximum absolute atomic E-state index is 13.0. The lowest BCUT2D eigenvalue weighted by Gasteiger charge is -2.34. The Kier molecular flexibility index (Phi) is 4.54. The van der Waals surface area contributed by atoms with E-state index in [1.807, 2.05) is 12.1 Å². The molecule has 3 N–H and O–H groups in total. The standard InChI is InChI=1S/C25H22O6/c1-12-5-7-14(3)21(26)19(12)25(20-13(2)6-8-15(4)22(20)27)18-10-9-16(23(28)29)11-17(18)24(30)31-25/h5-11,26-27H,1-4H3,(H,28,29). The molecule has 0 spiro atoms. The molecule has 0 fully saturated rings. The molecule has 0 saturated carbocycles. The predicted molar refractivity (Wildman–Crippen MR) is 114 cm³/mol. The van der Waals surface area contributed by atoms with Gasteiger partial charge >= 0.3 is 11.9 Å². The molecular formula is C25H22O6. The van der Waals surface area contributed by atoms with Crippen molar-refractivity contribution in [2.45, 2.75) is 33.3 Å². The molecule has 0 atom stereocenters. The van der Waals surface area contributed by atoms with Crippen LogP contribution in [0.15, 0.2) is 42.5 Å². The molecule has 4 rings (SSSR count). The molecule has 0 unspecified atom stereocenters. The van der Waals surface area contributed by atoms with Crippen LogP contribution in [-0.4, -0.2) is 27.3 Å². The first-order valence-electron chi connectivity index (χ1n) is 9.80. The number of hydrogen-bond acceptors (Lipinski definition) is 5. The van der Waals surface area contributed by atoms with Crippen molar-refractivity contribution in [1.29, 1.82) is 0 Å².